The second-order valence-corrected chi connectivity index (χ2v) is 15.0. The summed E-state index contributed by atoms with van der Waals surface area (Å²) in [5.74, 6) is 0. The van der Waals surface area contributed by atoms with Gasteiger partial charge in [0.25, 0.3) is 0 Å². The SMILES string of the molecule is CC(C)P(=O)(Nc1ccccc1NP(=O)(C(C)C)C(C)C)C(C)C. The van der Waals surface area contributed by atoms with Crippen molar-refractivity contribution in [3.63, 3.8) is 0 Å². The molecule has 0 atom stereocenters. The van der Waals surface area contributed by atoms with Gasteiger partial charge in [-0.05, 0) is 12.1 Å². The number of hydrogen-bond acceptors (Lipinski definition) is 2. The standard InChI is InChI=1S/C18H34N2O2P2/c1-13(2)23(21,14(3)4)19-17-11-9-10-12-18(17)20-24(22,15(5)6)16(7)8/h9-16H,1-8H3,(H,19,21)(H,20,22). The molecule has 1 aromatic rings. The van der Waals surface area contributed by atoms with Crippen LogP contribution in [0.1, 0.15) is 55.4 Å². The predicted molar refractivity (Wildman–Crippen MR) is 109 cm³/mol. The molecule has 4 nitrogen and oxygen atoms in total. The van der Waals surface area contributed by atoms with E-state index in [0.717, 1.165) is 11.4 Å². The van der Waals surface area contributed by atoms with E-state index >= 15 is 0 Å². The zero-order valence-electron chi connectivity index (χ0n) is 16.3. The molecular formula is C18H34N2O2P2. The summed E-state index contributed by atoms with van der Waals surface area (Å²) in [6.07, 6.45) is 0. The molecule has 0 saturated heterocycles. The first-order valence-electron chi connectivity index (χ1n) is 8.79. The summed E-state index contributed by atoms with van der Waals surface area (Å²) in [6.45, 7) is 15.9. The van der Waals surface area contributed by atoms with E-state index in [2.05, 4.69) is 10.2 Å². The van der Waals surface area contributed by atoms with Crippen LogP contribution in [0.2, 0.25) is 0 Å². The number of rotatable bonds is 8. The number of hydrogen-bond donors (Lipinski definition) is 2. The average Bonchev–Trinajstić information content (AvgIpc) is 2.48. The Morgan fingerprint density at radius 1 is 0.625 bits per heavy atom. The lowest BCUT2D eigenvalue weighted by molar-refractivity contribution is 0.564. The molecule has 0 spiro atoms. The third-order valence-corrected chi connectivity index (χ3v) is 11.9. The summed E-state index contributed by atoms with van der Waals surface area (Å²) in [4.78, 5) is 0. The maximum absolute atomic E-state index is 13.4. The van der Waals surface area contributed by atoms with Crippen molar-refractivity contribution >= 4 is 26.0 Å². The van der Waals surface area contributed by atoms with E-state index in [9.17, 15) is 9.13 Å². The van der Waals surface area contributed by atoms with Gasteiger partial charge in [0.1, 0.15) is 0 Å². The van der Waals surface area contributed by atoms with E-state index in [1.54, 1.807) is 0 Å². The summed E-state index contributed by atoms with van der Waals surface area (Å²) in [5.41, 5.74) is 1.68. The lowest BCUT2D eigenvalue weighted by atomic mass is 10.3. The van der Waals surface area contributed by atoms with Gasteiger partial charge in [-0.25, -0.2) is 0 Å². The molecule has 6 heteroatoms. The van der Waals surface area contributed by atoms with Gasteiger partial charge in [0.2, 0.25) is 0 Å². The number of nitrogens with one attached hydrogen (secondary N) is 2. The maximum atomic E-state index is 13.4. The molecule has 24 heavy (non-hydrogen) atoms. The Kier molecular flexibility index (Phi) is 7.20. The monoisotopic (exact) mass is 372 g/mol. The van der Waals surface area contributed by atoms with Crippen LogP contribution >= 0.6 is 14.6 Å². The molecule has 2 N–H and O–H groups in total. The largest absolute Gasteiger partial charge is 0.334 e. The molecule has 0 fully saturated rings. The number of benzene rings is 1. The Bertz CT molecular complexity index is 561. The van der Waals surface area contributed by atoms with E-state index in [-0.39, 0.29) is 22.6 Å². The van der Waals surface area contributed by atoms with Crippen molar-refractivity contribution in [2.45, 2.75) is 78.0 Å². The van der Waals surface area contributed by atoms with Crippen LogP contribution < -0.4 is 10.2 Å². The zero-order chi connectivity index (χ0) is 18.7. The summed E-state index contributed by atoms with van der Waals surface area (Å²) in [6, 6.07) is 7.64. The fraction of sp³-hybridized carbons (Fsp3) is 0.667. The first-order chi connectivity index (χ1) is 10.9. The Labute approximate surface area is 148 Å². The van der Waals surface area contributed by atoms with Crippen molar-refractivity contribution in [1.82, 2.24) is 0 Å². The smallest absolute Gasteiger partial charge is 0.174 e. The van der Waals surface area contributed by atoms with Crippen LogP contribution in [0.25, 0.3) is 0 Å². The minimum Gasteiger partial charge on any atom is -0.334 e. The fourth-order valence-electron chi connectivity index (χ4n) is 2.76. The maximum Gasteiger partial charge on any atom is 0.174 e. The highest BCUT2D eigenvalue weighted by Crippen LogP contribution is 2.58. The van der Waals surface area contributed by atoms with E-state index in [4.69, 9.17) is 0 Å². The molecule has 1 rings (SSSR count). The molecular weight excluding hydrogens is 338 g/mol. The van der Waals surface area contributed by atoms with Gasteiger partial charge in [0.15, 0.2) is 14.6 Å². The molecule has 0 aliphatic carbocycles. The number of para-hydroxylation sites is 2. The summed E-state index contributed by atoms with van der Waals surface area (Å²) in [5, 5.41) is 6.59. The van der Waals surface area contributed by atoms with E-state index in [1.807, 2.05) is 79.7 Å². The lowest BCUT2D eigenvalue weighted by Gasteiger charge is -2.32. The first kappa shape index (κ1) is 21.3. The Morgan fingerprint density at radius 3 is 1.08 bits per heavy atom. The second kappa shape index (κ2) is 8.11. The molecule has 0 aromatic heterocycles. The quantitative estimate of drug-likeness (QED) is 0.499. The molecule has 0 unspecified atom stereocenters. The van der Waals surface area contributed by atoms with E-state index in [0.29, 0.717) is 0 Å². The minimum atomic E-state index is -2.60. The van der Waals surface area contributed by atoms with Crippen LogP contribution in [0.3, 0.4) is 0 Å². The Morgan fingerprint density at radius 2 is 0.875 bits per heavy atom. The van der Waals surface area contributed by atoms with Gasteiger partial charge < -0.3 is 10.2 Å². The summed E-state index contributed by atoms with van der Waals surface area (Å²) in [7, 11) is -5.21. The highest BCUT2D eigenvalue weighted by atomic mass is 31.2. The molecule has 0 bridgehead atoms. The topological polar surface area (TPSA) is 58.2 Å². The van der Waals surface area contributed by atoms with Crippen LogP contribution in [-0.4, -0.2) is 22.6 Å². The summed E-state index contributed by atoms with van der Waals surface area (Å²) >= 11 is 0. The zero-order valence-corrected chi connectivity index (χ0v) is 18.1. The molecule has 0 heterocycles. The third-order valence-electron chi connectivity index (χ3n) is 4.59. The van der Waals surface area contributed by atoms with Crippen molar-refractivity contribution in [3.05, 3.63) is 24.3 Å². The van der Waals surface area contributed by atoms with Crippen molar-refractivity contribution in [2.24, 2.45) is 0 Å². The molecule has 138 valence electrons. The van der Waals surface area contributed by atoms with Crippen LogP contribution in [0, 0.1) is 0 Å². The van der Waals surface area contributed by atoms with E-state index < -0.39 is 14.6 Å². The van der Waals surface area contributed by atoms with Gasteiger partial charge in [-0.1, -0.05) is 67.5 Å². The van der Waals surface area contributed by atoms with E-state index in [1.165, 1.54) is 0 Å². The van der Waals surface area contributed by atoms with Crippen molar-refractivity contribution in [1.29, 1.82) is 0 Å². The van der Waals surface area contributed by atoms with Crippen molar-refractivity contribution in [3.8, 4) is 0 Å². The highest BCUT2D eigenvalue weighted by molar-refractivity contribution is 7.67. The van der Waals surface area contributed by atoms with Crippen LogP contribution in [0.15, 0.2) is 24.3 Å². The molecule has 0 radical (unpaired) electrons. The molecule has 1 aromatic carbocycles. The summed E-state index contributed by atoms with van der Waals surface area (Å²) < 4.78 is 26.7. The van der Waals surface area contributed by atoms with Crippen LogP contribution in [-0.2, 0) is 9.13 Å². The normalized spacial score (nSPS) is 13.2. The van der Waals surface area contributed by atoms with Crippen molar-refractivity contribution in [2.75, 3.05) is 10.2 Å². The minimum absolute atomic E-state index is 0.0348. The Hall–Kier alpha value is -0.720. The Balaban J connectivity index is 3.27. The van der Waals surface area contributed by atoms with Crippen LogP contribution in [0.4, 0.5) is 11.4 Å². The van der Waals surface area contributed by atoms with Gasteiger partial charge >= 0.3 is 0 Å². The van der Waals surface area contributed by atoms with Gasteiger partial charge in [-0.2, -0.15) is 0 Å². The molecule has 0 saturated carbocycles. The van der Waals surface area contributed by atoms with Crippen LogP contribution in [0.5, 0.6) is 0 Å². The fourth-order valence-corrected chi connectivity index (χ4v) is 7.32. The molecule has 0 amide bonds. The second-order valence-electron chi connectivity index (χ2n) is 7.56. The van der Waals surface area contributed by atoms with Gasteiger partial charge in [-0.3, -0.25) is 9.13 Å². The highest BCUT2D eigenvalue weighted by Gasteiger charge is 2.33. The predicted octanol–water partition coefficient (Wildman–Crippen LogP) is 6.70. The van der Waals surface area contributed by atoms with Gasteiger partial charge in [-0.15, -0.1) is 0 Å². The third kappa shape index (κ3) is 4.46. The molecule has 0 aliphatic heterocycles. The molecule has 0 aliphatic rings. The number of anilines is 2. The average molecular weight is 372 g/mol. The lowest BCUT2D eigenvalue weighted by Crippen LogP contribution is -2.18. The first-order valence-corrected chi connectivity index (χ1v) is 12.5. The van der Waals surface area contributed by atoms with Gasteiger partial charge in [0.05, 0.1) is 11.4 Å². The van der Waals surface area contributed by atoms with Crippen molar-refractivity contribution < 1.29 is 9.13 Å². The van der Waals surface area contributed by atoms with Gasteiger partial charge in [0, 0.05) is 22.6 Å².